The molecule has 0 amide bonds. The summed E-state index contributed by atoms with van der Waals surface area (Å²) < 4.78 is 2.09. The number of anilines is 1. The molecule has 0 unspecified atom stereocenters. The molecule has 0 atom stereocenters. The molecule has 102 valence electrons. The molecule has 0 bridgehead atoms. The lowest BCUT2D eigenvalue weighted by Crippen LogP contribution is -2.04. The van der Waals surface area contributed by atoms with Gasteiger partial charge in [0.05, 0.1) is 12.2 Å². The zero-order valence-corrected chi connectivity index (χ0v) is 11.9. The minimum atomic E-state index is 0.650. The van der Waals surface area contributed by atoms with Crippen LogP contribution in [0.3, 0.4) is 0 Å². The van der Waals surface area contributed by atoms with Crippen LogP contribution in [0.25, 0.3) is 5.65 Å². The minimum absolute atomic E-state index is 0.650. The molecule has 0 spiro atoms. The van der Waals surface area contributed by atoms with E-state index >= 15 is 0 Å². The lowest BCUT2D eigenvalue weighted by Gasteiger charge is -2.05. The van der Waals surface area contributed by atoms with Gasteiger partial charge in [-0.1, -0.05) is 6.07 Å². The zero-order valence-electron chi connectivity index (χ0n) is 11.9. The van der Waals surface area contributed by atoms with E-state index in [0.717, 1.165) is 28.7 Å². The number of nitrogens with one attached hydrogen (secondary N) is 1. The van der Waals surface area contributed by atoms with Crippen molar-refractivity contribution >= 4 is 11.5 Å². The Morgan fingerprint density at radius 3 is 2.70 bits per heavy atom. The van der Waals surface area contributed by atoms with Gasteiger partial charge in [-0.15, -0.1) is 0 Å². The average molecular weight is 267 g/mol. The van der Waals surface area contributed by atoms with Crippen LogP contribution < -0.4 is 5.32 Å². The number of hydrogen-bond donors (Lipinski definition) is 1. The lowest BCUT2D eigenvalue weighted by atomic mass is 10.4. The Kier molecular flexibility index (Phi) is 3.10. The third-order valence-electron chi connectivity index (χ3n) is 3.16. The molecular weight excluding hydrogens is 250 g/mol. The van der Waals surface area contributed by atoms with Crippen LogP contribution in [0.15, 0.2) is 30.5 Å². The summed E-state index contributed by atoms with van der Waals surface area (Å²) in [4.78, 5) is 13.2. The Hall–Kier alpha value is -2.43. The van der Waals surface area contributed by atoms with E-state index in [0.29, 0.717) is 6.54 Å². The molecule has 0 saturated carbocycles. The van der Waals surface area contributed by atoms with Crippen molar-refractivity contribution in [1.29, 1.82) is 0 Å². The smallest absolute Gasteiger partial charge is 0.137 e. The molecule has 20 heavy (non-hydrogen) atoms. The summed E-state index contributed by atoms with van der Waals surface area (Å²) in [6, 6.07) is 8.04. The van der Waals surface area contributed by atoms with Crippen LogP contribution >= 0.6 is 0 Å². The van der Waals surface area contributed by atoms with Crippen molar-refractivity contribution in [3.8, 4) is 0 Å². The highest BCUT2D eigenvalue weighted by Crippen LogP contribution is 2.11. The number of imidazole rings is 1. The van der Waals surface area contributed by atoms with Gasteiger partial charge in [0.1, 0.15) is 17.3 Å². The number of hydrogen-bond acceptors (Lipinski definition) is 4. The third-order valence-corrected chi connectivity index (χ3v) is 3.16. The highest BCUT2D eigenvalue weighted by Gasteiger charge is 2.04. The Morgan fingerprint density at radius 2 is 1.95 bits per heavy atom. The first-order valence-electron chi connectivity index (χ1n) is 6.61. The van der Waals surface area contributed by atoms with Crippen molar-refractivity contribution in [1.82, 2.24) is 19.4 Å². The van der Waals surface area contributed by atoms with Crippen LogP contribution in [-0.4, -0.2) is 19.4 Å². The second-order valence-electron chi connectivity index (χ2n) is 4.92. The van der Waals surface area contributed by atoms with Gasteiger partial charge < -0.3 is 9.72 Å². The molecule has 5 nitrogen and oxygen atoms in total. The molecule has 0 aromatic carbocycles. The summed E-state index contributed by atoms with van der Waals surface area (Å²) in [6.07, 6.45) is 2.05. The van der Waals surface area contributed by atoms with Crippen LogP contribution in [-0.2, 0) is 6.54 Å². The number of rotatable bonds is 3. The van der Waals surface area contributed by atoms with Gasteiger partial charge in [-0.25, -0.2) is 15.0 Å². The van der Waals surface area contributed by atoms with Crippen LogP contribution in [0.2, 0.25) is 0 Å². The molecule has 3 rings (SSSR count). The highest BCUT2D eigenvalue weighted by molar-refractivity contribution is 5.43. The minimum Gasteiger partial charge on any atom is -0.364 e. The monoisotopic (exact) mass is 267 g/mol. The van der Waals surface area contributed by atoms with Crippen molar-refractivity contribution < 1.29 is 0 Å². The van der Waals surface area contributed by atoms with Gasteiger partial charge >= 0.3 is 0 Å². The molecule has 1 N–H and O–H groups in total. The van der Waals surface area contributed by atoms with Crippen molar-refractivity contribution in [3.63, 3.8) is 0 Å². The Morgan fingerprint density at radius 1 is 1.10 bits per heavy atom. The zero-order chi connectivity index (χ0) is 14.1. The predicted octanol–water partition coefficient (Wildman–Crippen LogP) is 2.66. The molecule has 0 radical (unpaired) electrons. The van der Waals surface area contributed by atoms with E-state index in [1.54, 1.807) is 0 Å². The normalized spacial score (nSPS) is 10.9. The molecule has 0 aliphatic carbocycles. The van der Waals surface area contributed by atoms with Crippen molar-refractivity contribution in [2.75, 3.05) is 5.32 Å². The fraction of sp³-hybridized carbons (Fsp3) is 0.267. The first kappa shape index (κ1) is 12.6. The van der Waals surface area contributed by atoms with E-state index < -0.39 is 0 Å². The van der Waals surface area contributed by atoms with Crippen molar-refractivity contribution in [2.45, 2.75) is 27.3 Å². The first-order chi connectivity index (χ1) is 9.61. The first-order valence-corrected chi connectivity index (χ1v) is 6.61. The van der Waals surface area contributed by atoms with Crippen LogP contribution in [0.4, 0.5) is 5.82 Å². The summed E-state index contributed by atoms with van der Waals surface area (Å²) in [7, 11) is 0. The molecule has 3 heterocycles. The molecular formula is C15H17N5. The lowest BCUT2D eigenvalue weighted by molar-refractivity contribution is 0.981. The van der Waals surface area contributed by atoms with Gasteiger partial charge in [0.25, 0.3) is 0 Å². The fourth-order valence-corrected chi connectivity index (χ4v) is 2.27. The fourth-order valence-electron chi connectivity index (χ4n) is 2.27. The van der Waals surface area contributed by atoms with Gasteiger partial charge in [0, 0.05) is 23.7 Å². The number of pyridine rings is 1. The average Bonchev–Trinajstić information content (AvgIpc) is 2.80. The Labute approximate surface area is 117 Å². The number of nitrogens with zero attached hydrogens (tertiary/aromatic N) is 4. The molecule has 3 aromatic heterocycles. The molecule has 0 aliphatic heterocycles. The maximum absolute atomic E-state index is 4.59. The Balaban J connectivity index is 1.81. The molecule has 5 heteroatoms. The van der Waals surface area contributed by atoms with Crippen molar-refractivity contribution in [3.05, 3.63) is 53.4 Å². The maximum Gasteiger partial charge on any atom is 0.137 e. The summed E-state index contributed by atoms with van der Waals surface area (Å²) in [6.45, 7) is 6.58. The van der Waals surface area contributed by atoms with E-state index in [2.05, 4.69) is 43.9 Å². The molecule has 0 fully saturated rings. The molecule has 0 saturated heterocycles. The summed E-state index contributed by atoms with van der Waals surface area (Å²) in [5.74, 6) is 1.61. The predicted molar refractivity (Wildman–Crippen MR) is 78.8 cm³/mol. The topological polar surface area (TPSA) is 55.1 Å². The Bertz CT molecular complexity index is 740. The van der Waals surface area contributed by atoms with Gasteiger partial charge in [0.2, 0.25) is 0 Å². The molecule has 0 aliphatic rings. The third kappa shape index (κ3) is 2.47. The van der Waals surface area contributed by atoms with E-state index in [9.17, 15) is 0 Å². The second-order valence-corrected chi connectivity index (χ2v) is 4.92. The SMILES string of the molecule is Cc1cc(NCc2cn3c(C)cccc3n2)nc(C)n1. The quantitative estimate of drug-likeness (QED) is 0.792. The van der Waals surface area contributed by atoms with Gasteiger partial charge in [0.15, 0.2) is 0 Å². The van der Waals surface area contributed by atoms with Crippen molar-refractivity contribution in [2.24, 2.45) is 0 Å². The van der Waals surface area contributed by atoms with Gasteiger partial charge in [-0.05, 0) is 32.9 Å². The van der Waals surface area contributed by atoms with Gasteiger partial charge in [-0.2, -0.15) is 0 Å². The second kappa shape index (κ2) is 4.92. The number of aryl methyl sites for hydroxylation is 3. The summed E-state index contributed by atoms with van der Waals surface area (Å²) >= 11 is 0. The highest BCUT2D eigenvalue weighted by atomic mass is 15.1. The van der Waals surface area contributed by atoms with Crippen LogP contribution in [0.5, 0.6) is 0 Å². The summed E-state index contributed by atoms with van der Waals surface area (Å²) in [5, 5.41) is 3.30. The number of fused-ring (bicyclic) bond motifs is 1. The number of aromatic nitrogens is 4. The van der Waals surface area contributed by atoms with Gasteiger partial charge in [-0.3, -0.25) is 0 Å². The van der Waals surface area contributed by atoms with Crippen LogP contribution in [0, 0.1) is 20.8 Å². The van der Waals surface area contributed by atoms with E-state index in [4.69, 9.17) is 0 Å². The van der Waals surface area contributed by atoms with E-state index in [1.807, 2.05) is 32.0 Å². The maximum atomic E-state index is 4.59. The molecule has 3 aromatic rings. The van der Waals surface area contributed by atoms with Crippen LogP contribution in [0.1, 0.15) is 22.9 Å². The summed E-state index contributed by atoms with van der Waals surface area (Å²) in [5.41, 5.74) is 4.10. The largest absolute Gasteiger partial charge is 0.364 e. The standard InChI is InChI=1S/C15H17N5/c1-10-7-14(18-12(3)17-10)16-8-13-9-20-11(2)5-4-6-15(20)19-13/h4-7,9H,8H2,1-3H3,(H,16,17,18). The van der Waals surface area contributed by atoms with E-state index in [-0.39, 0.29) is 0 Å². The van der Waals surface area contributed by atoms with E-state index in [1.165, 1.54) is 5.69 Å².